The fourth-order valence-electron chi connectivity index (χ4n) is 1.58. The number of H-pyrrole nitrogens is 1. The van der Waals surface area contributed by atoms with Crippen LogP contribution in [0, 0.1) is 0 Å². The van der Waals surface area contributed by atoms with E-state index in [-0.39, 0.29) is 5.56 Å². The summed E-state index contributed by atoms with van der Waals surface area (Å²) in [4.78, 5) is 25.6. The third-order valence-electron chi connectivity index (χ3n) is 2.48. The zero-order chi connectivity index (χ0) is 13.1. The van der Waals surface area contributed by atoms with Gasteiger partial charge in [-0.25, -0.2) is 4.79 Å². The number of esters is 1. The number of benzene rings is 1. The highest BCUT2D eigenvalue weighted by atomic mass is 35.5. The van der Waals surface area contributed by atoms with Crippen molar-refractivity contribution < 1.29 is 9.53 Å². The molecule has 0 radical (unpaired) electrons. The van der Waals surface area contributed by atoms with Crippen LogP contribution in [-0.2, 0) is 4.74 Å². The van der Waals surface area contributed by atoms with E-state index in [0.717, 1.165) is 0 Å². The van der Waals surface area contributed by atoms with Crippen molar-refractivity contribution in [3.8, 4) is 11.3 Å². The molecule has 0 amide bonds. The predicted octanol–water partition coefficient (Wildman–Crippen LogP) is 2.48. The van der Waals surface area contributed by atoms with Crippen LogP contribution in [0.2, 0.25) is 5.02 Å². The zero-order valence-corrected chi connectivity index (χ0v) is 10.3. The highest BCUT2D eigenvalue weighted by Crippen LogP contribution is 2.24. The molecule has 0 unspecified atom stereocenters. The second-order valence-electron chi connectivity index (χ2n) is 3.59. The van der Waals surface area contributed by atoms with Gasteiger partial charge >= 0.3 is 5.97 Å². The lowest BCUT2D eigenvalue weighted by Gasteiger charge is -2.05. The molecule has 0 aliphatic rings. The lowest BCUT2D eigenvalue weighted by atomic mass is 10.1. The molecule has 92 valence electrons. The molecule has 0 atom stereocenters. The number of rotatable bonds is 2. The van der Waals surface area contributed by atoms with Gasteiger partial charge in [-0.15, -0.1) is 0 Å². The van der Waals surface area contributed by atoms with Crippen LogP contribution in [0.25, 0.3) is 11.3 Å². The minimum Gasteiger partial charge on any atom is -0.465 e. The third kappa shape index (κ3) is 2.28. The highest BCUT2D eigenvalue weighted by molar-refractivity contribution is 6.33. The van der Waals surface area contributed by atoms with Crippen molar-refractivity contribution in [3.05, 3.63) is 57.3 Å². The molecule has 0 fully saturated rings. The van der Waals surface area contributed by atoms with E-state index >= 15 is 0 Å². The van der Waals surface area contributed by atoms with E-state index in [1.54, 1.807) is 24.3 Å². The van der Waals surface area contributed by atoms with E-state index in [1.165, 1.54) is 13.2 Å². The van der Waals surface area contributed by atoms with E-state index in [2.05, 4.69) is 9.72 Å². The third-order valence-corrected chi connectivity index (χ3v) is 2.81. The number of nitrogens with one attached hydrogen (secondary N) is 1. The van der Waals surface area contributed by atoms with Gasteiger partial charge in [0.25, 0.3) is 5.56 Å². The van der Waals surface area contributed by atoms with Crippen molar-refractivity contribution >= 4 is 17.6 Å². The lowest BCUT2D eigenvalue weighted by Crippen LogP contribution is -2.18. The Hall–Kier alpha value is -2.07. The van der Waals surface area contributed by atoms with Gasteiger partial charge in [-0.05, 0) is 18.2 Å². The summed E-state index contributed by atoms with van der Waals surface area (Å²) in [7, 11) is 1.23. The number of halogens is 1. The largest absolute Gasteiger partial charge is 0.465 e. The summed E-state index contributed by atoms with van der Waals surface area (Å²) in [5.74, 6) is -0.665. The minimum atomic E-state index is -0.665. The first kappa shape index (κ1) is 12.4. The van der Waals surface area contributed by atoms with E-state index in [9.17, 15) is 9.59 Å². The van der Waals surface area contributed by atoms with E-state index in [1.807, 2.05) is 6.07 Å². The molecule has 18 heavy (non-hydrogen) atoms. The van der Waals surface area contributed by atoms with Crippen LogP contribution < -0.4 is 5.56 Å². The fraction of sp³-hybridized carbons (Fsp3) is 0.0769. The molecule has 0 bridgehead atoms. The van der Waals surface area contributed by atoms with Crippen molar-refractivity contribution in [1.29, 1.82) is 0 Å². The molecular formula is C13H10ClNO3. The van der Waals surface area contributed by atoms with Gasteiger partial charge in [-0.1, -0.05) is 29.8 Å². The molecule has 2 rings (SSSR count). The van der Waals surface area contributed by atoms with E-state index in [4.69, 9.17) is 11.6 Å². The molecule has 1 N–H and O–H groups in total. The topological polar surface area (TPSA) is 59.2 Å². The quantitative estimate of drug-likeness (QED) is 0.847. The number of hydrogen-bond acceptors (Lipinski definition) is 3. The number of ether oxygens (including phenoxy) is 1. The minimum absolute atomic E-state index is 0.0340. The van der Waals surface area contributed by atoms with Crippen molar-refractivity contribution in [2.45, 2.75) is 0 Å². The maximum absolute atomic E-state index is 11.7. The van der Waals surface area contributed by atoms with Gasteiger partial charge in [0.05, 0.1) is 7.11 Å². The Morgan fingerprint density at radius 1 is 1.22 bits per heavy atom. The summed E-state index contributed by atoms with van der Waals surface area (Å²) in [6.07, 6.45) is 0. The number of methoxy groups -OCH3 is 1. The van der Waals surface area contributed by atoms with Gasteiger partial charge in [0.1, 0.15) is 5.56 Å². The number of carbonyl (C=O) groups excluding carboxylic acids is 1. The molecule has 0 spiro atoms. The zero-order valence-electron chi connectivity index (χ0n) is 9.57. The number of aromatic nitrogens is 1. The normalized spacial score (nSPS) is 10.1. The molecule has 0 saturated carbocycles. The van der Waals surface area contributed by atoms with Crippen LogP contribution >= 0.6 is 11.6 Å². The second-order valence-corrected chi connectivity index (χ2v) is 3.99. The Morgan fingerprint density at radius 2 is 1.94 bits per heavy atom. The van der Waals surface area contributed by atoms with Crippen molar-refractivity contribution in [3.63, 3.8) is 0 Å². The van der Waals surface area contributed by atoms with Gasteiger partial charge in [-0.2, -0.15) is 0 Å². The number of hydrogen-bond donors (Lipinski definition) is 1. The maximum Gasteiger partial charge on any atom is 0.343 e. The van der Waals surface area contributed by atoms with E-state index < -0.39 is 11.5 Å². The Bertz CT molecular complexity index is 649. The summed E-state index contributed by atoms with van der Waals surface area (Å²) in [5, 5.41) is 0.527. The molecule has 0 saturated heterocycles. The molecular weight excluding hydrogens is 254 g/mol. The van der Waals surface area contributed by atoms with Crippen molar-refractivity contribution in [2.24, 2.45) is 0 Å². The Morgan fingerprint density at radius 3 is 2.56 bits per heavy atom. The van der Waals surface area contributed by atoms with Gasteiger partial charge in [0, 0.05) is 16.3 Å². The fourth-order valence-corrected chi connectivity index (χ4v) is 1.82. The monoisotopic (exact) mass is 263 g/mol. The van der Waals surface area contributed by atoms with Gasteiger partial charge < -0.3 is 9.72 Å². The Labute approximate surface area is 108 Å². The van der Waals surface area contributed by atoms with Gasteiger partial charge in [0.15, 0.2) is 0 Å². The smallest absolute Gasteiger partial charge is 0.343 e. The number of aromatic amines is 1. The molecule has 1 aromatic heterocycles. The first-order valence-electron chi connectivity index (χ1n) is 5.20. The molecule has 1 heterocycles. The summed E-state index contributed by atoms with van der Waals surface area (Å²) in [6.45, 7) is 0. The summed E-state index contributed by atoms with van der Waals surface area (Å²) >= 11 is 6.03. The lowest BCUT2D eigenvalue weighted by molar-refractivity contribution is 0.0598. The molecule has 1 aromatic carbocycles. The number of pyridine rings is 1. The van der Waals surface area contributed by atoms with E-state index in [0.29, 0.717) is 16.3 Å². The highest BCUT2D eigenvalue weighted by Gasteiger charge is 2.12. The van der Waals surface area contributed by atoms with Crippen LogP contribution in [0.1, 0.15) is 10.4 Å². The number of carbonyl (C=O) groups is 1. The standard InChI is InChI=1S/C13H10ClNO3/c1-18-13(17)9-6-7-11(15-12(9)16)8-4-2-3-5-10(8)14/h2-7H,1H3,(H,15,16). The summed E-state index contributed by atoms with van der Waals surface area (Å²) < 4.78 is 4.50. The van der Waals surface area contributed by atoms with Crippen LogP contribution in [-0.4, -0.2) is 18.1 Å². The van der Waals surface area contributed by atoms with Gasteiger partial charge in [-0.3, -0.25) is 4.79 Å². The Kier molecular flexibility index (Phi) is 3.48. The second kappa shape index (κ2) is 5.06. The average molecular weight is 264 g/mol. The molecule has 5 heteroatoms. The summed E-state index contributed by atoms with van der Waals surface area (Å²) in [6, 6.07) is 10.2. The van der Waals surface area contributed by atoms with Crippen LogP contribution in [0.4, 0.5) is 0 Å². The van der Waals surface area contributed by atoms with Crippen molar-refractivity contribution in [1.82, 2.24) is 4.98 Å². The van der Waals surface area contributed by atoms with Crippen LogP contribution in [0.5, 0.6) is 0 Å². The molecule has 0 aliphatic carbocycles. The van der Waals surface area contributed by atoms with Crippen LogP contribution in [0.15, 0.2) is 41.2 Å². The molecule has 2 aromatic rings. The van der Waals surface area contributed by atoms with Crippen molar-refractivity contribution in [2.75, 3.05) is 7.11 Å². The maximum atomic E-state index is 11.7. The predicted molar refractivity (Wildman–Crippen MR) is 68.8 cm³/mol. The van der Waals surface area contributed by atoms with Crippen LogP contribution in [0.3, 0.4) is 0 Å². The Balaban J connectivity index is 2.51. The van der Waals surface area contributed by atoms with Gasteiger partial charge in [0.2, 0.25) is 0 Å². The first-order valence-corrected chi connectivity index (χ1v) is 5.58. The molecule has 0 aliphatic heterocycles. The summed E-state index contributed by atoms with van der Waals surface area (Å²) in [5.41, 5.74) is 0.721. The molecule has 4 nitrogen and oxygen atoms in total. The average Bonchev–Trinajstić information content (AvgIpc) is 2.38. The SMILES string of the molecule is COC(=O)c1ccc(-c2ccccc2Cl)[nH]c1=O. The first-order chi connectivity index (χ1) is 8.63.